The van der Waals surface area contributed by atoms with Gasteiger partial charge in [0.15, 0.2) is 0 Å². The molecule has 2 rings (SSSR count). The number of amides is 2. The summed E-state index contributed by atoms with van der Waals surface area (Å²) >= 11 is 6.00. The molecule has 0 radical (unpaired) electrons. The van der Waals surface area contributed by atoms with E-state index in [2.05, 4.69) is 10.1 Å². The zero-order chi connectivity index (χ0) is 24.3. The van der Waals surface area contributed by atoms with Gasteiger partial charge in [0.05, 0.1) is 23.7 Å². The Morgan fingerprint density at radius 1 is 1.16 bits per heavy atom. The van der Waals surface area contributed by atoms with E-state index in [1.54, 1.807) is 20.8 Å². The Balaban J connectivity index is 2.19. The topological polar surface area (TPSA) is 103 Å². The van der Waals surface area contributed by atoms with Crippen LogP contribution in [0.5, 0.6) is 0 Å². The van der Waals surface area contributed by atoms with Gasteiger partial charge in [-0.3, -0.25) is 0 Å². The molecule has 0 spiro atoms. The summed E-state index contributed by atoms with van der Waals surface area (Å²) in [7, 11) is 1.16. The normalized spacial score (nSPS) is 15.9. The van der Waals surface area contributed by atoms with Crippen LogP contribution in [0.1, 0.15) is 55.6 Å². The van der Waals surface area contributed by atoms with E-state index in [1.807, 2.05) is 5.32 Å². The minimum Gasteiger partial charge on any atom is -0.465 e. The molecule has 8 nitrogen and oxygen atoms in total. The van der Waals surface area contributed by atoms with Gasteiger partial charge in [0.1, 0.15) is 17.7 Å². The van der Waals surface area contributed by atoms with E-state index >= 15 is 0 Å². The predicted molar refractivity (Wildman–Crippen MR) is 107 cm³/mol. The van der Waals surface area contributed by atoms with Crippen molar-refractivity contribution in [3.63, 3.8) is 0 Å². The second-order valence-corrected chi connectivity index (χ2v) is 8.64. The van der Waals surface area contributed by atoms with Crippen LogP contribution in [0.25, 0.3) is 0 Å². The molecule has 1 saturated carbocycles. The maximum Gasteiger partial charge on any atom is 0.411 e. The highest BCUT2D eigenvalue weighted by molar-refractivity contribution is 6.33. The first kappa shape index (κ1) is 25.6. The van der Waals surface area contributed by atoms with E-state index in [0.29, 0.717) is 0 Å². The molecule has 1 aliphatic carbocycles. The van der Waals surface area contributed by atoms with Gasteiger partial charge >= 0.3 is 24.3 Å². The van der Waals surface area contributed by atoms with E-state index in [9.17, 15) is 27.6 Å². The van der Waals surface area contributed by atoms with Crippen molar-refractivity contribution in [2.24, 2.45) is 0 Å². The fourth-order valence-corrected chi connectivity index (χ4v) is 2.89. The molecule has 0 saturated heterocycles. The zero-order valence-electron chi connectivity index (χ0n) is 17.9. The number of benzene rings is 1. The minimum atomic E-state index is -4.61. The first-order chi connectivity index (χ1) is 14.7. The lowest BCUT2D eigenvalue weighted by Crippen LogP contribution is -2.48. The van der Waals surface area contributed by atoms with Gasteiger partial charge in [0.2, 0.25) is 0 Å². The molecular weight excluding hydrogens is 457 g/mol. The van der Waals surface area contributed by atoms with Gasteiger partial charge in [-0.05, 0) is 51.3 Å². The molecule has 0 aromatic heterocycles. The van der Waals surface area contributed by atoms with Gasteiger partial charge in [-0.15, -0.1) is 0 Å². The summed E-state index contributed by atoms with van der Waals surface area (Å²) in [5.41, 5.74) is -2.86. The second-order valence-electron chi connectivity index (χ2n) is 8.23. The molecule has 12 heteroatoms. The number of alkyl halides is 3. The van der Waals surface area contributed by atoms with Crippen LogP contribution in [0, 0.1) is 0 Å². The first-order valence-electron chi connectivity index (χ1n) is 9.56. The monoisotopic (exact) mass is 480 g/mol. The Morgan fingerprint density at radius 2 is 1.78 bits per heavy atom. The van der Waals surface area contributed by atoms with Crippen molar-refractivity contribution in [1.82, 2.24) is 10.6 Å². The molecule has 2 N–H and O–H groups in total. The van der Waals surface area contributed by atoms with Crippen LogP contribution < -0.4 is 10.6 Å². The fourth-order valence-electron chi connectivity index (χ4n) is 2.69. The second kappa shape index (κ2) is 9.43. The van der Waals surface area contributed by atoms with Crippen molar-refractivity contribution in [1.29, 1.82) is 0 Å². The van der Waals surface area contributed by atoms with E-state index in [1.165, 1.54) is 18.2 Å². The van der Waals surface area contributed by atoms with E-state index in [-0.39, 0.29) is 29.0 Å². The molecule has 2 amide bonds. The summed E-state index contributed by atoms with van der Waals surface area (Å²) in [6.07, 6.45) is -7.25. The van der Waals surface area contributed by atoms with Gasteiger partial charge in [0, 0.05) is 0 Å². The number of esters is 1. The summed E-state index contributed by atoms with van der Waals surface area (Å²) in [5, 5.41) is 4.38. The Kier molecular flexibility index (Phi) is 7.54. The van der Waals surface area contributed by atoms with Crippen LogP contribution >= 0.6 is 11.6 Å². The molecule has 1 fully saturated rings. The van der Waals surface area contributed by atoms with Crippen LogP contribution in [0.3, 0.4) is 0 Å². The standard InChI is InChI=1S/C20H24ClF3N2O6/c1-18(2,3)32-16(28)25-14(11-5-6-13(21)12(9-11)15(27)30-4)10-31-17(29)26-19(7-8-19)20(22,23)24/h5-6,9,14H,7-8,10H2,1-4H3,(H,25,28)(H,26,29)/t14-/m1/s1. The lowest BCUT2D eigenvalue weighted by Gasteiger charge is -2.25. The summed E-state index contributed by atoms with van der Waals surface area (Å²) in [6.45, 7) is 4.36. The van der Waals surface area contributed by atoms with Gasteiger partial charge < -0.3 is 24.8 Å². The number of halogens is 4. The van der Waals surface area contributed by atoms with Crippen LogP contribution in [-0.4, -0.2) is 49.2 Å². The van der Waals surface area contributed by atoms with Crippen molar-refractivity contribution in [2.75, 3.05) is 13.7 Å². The molecule has 1 aromatic rings. The van der Waals surface area contributed by atoms with Crippen molar-refractivity contribution in [2.45, 2.75) is 57.0 Å². The van der Waals surface area contributed by atoms with Gasteiger partial charge in [-0.1, -0.05) is 17.7 Å². The maximum absolute atomic E-state index is 13.0. The molecule has 1 atom stereocenters. The third-order valence-corrected chi connectivity index (χ3v) is 4.83. The number of alkyl carbamates (subject to hydrolysis) is 2. The number of ether oxygens (including phenoxy) is 3. The molecule has 178 valence electrons. The Bertz CT molecular complexity index is 881. The first-order valence-corrected chi connectivity index (χ1v) is 9.94. The molecule has 0 aliphatic heterocycles. The fraction of sp³-hybridized carbons (Fsp3) is 0.550. The minimum absolute atomic E-state index is 0.0129. The third kappa shape index (κ3) is 6.65. The van der Waals surface area contributed by atoms with Gasteiger partial charge in [-0.2, -0.15) is 13.2 Å². The highest BCUT2D eigenvalue weighted by atomic mass is 35.5. The van der Waals surface area contributed by atoms with Crippen molar-refractivity contribution in [3.05, 3.63) is 34.3 Å². The highest BCUT2D eigenvalue weighted by Gasteiger charge is 2.64. The third-order valence-electron chi connectivity index (χ3n) is 4.50. The number of methoxy groups -OCH3 is 1. The zero-order valence-corrected chi connectivity index (χ0v) is 18.6. The number of nitrogens with one attached hydrogen (secondary N) is 2. The smallest absolute Gasteiger partial charge is 0.411 e. The van der Waals surface area contributed by atoms with Crippen LogP contribution in [-0.2, 0) is 14.2 Å². The summed E-state index contributed by atoms with van der Waals surface area (Å²) in [6, 6.07) is 3.08. The quantitative estimate of drug-likeness (QED) is 0.458. The summed E-state index contributed by atoms with van der Waals surface area (Å²) < 4.78 is 53.9. The molecule has 0 heterocycles. The lowest BCUT2D eigenvalue weighted by molar-refractivity contribution is -0.164. The van der Waals surface area contributed by atoms with Crippen molar-refractivity contribution < 1.29 is 41.8 Å². The van der Waals surface area contributed by atoms with Crippen LogP contribution in [0.2, 0.25) is 5.02 Å². The molecule has 32 heavy (non-hydrogen) atoms. The highest BCUT2D eigenvalue weighted by Crippen LogP contribution is 2.48. The number of hydrogen-bond donors (Lipinski definition) is 2. The average Bonchev–Trinajstić information content (AvgIpc) is 3.44. The average molecular weight is 481 g/mol. The van der Waals surface area contributed by atoms with Crippen LogP contribution in [0.15, 0.2) is 18.2 Å². The molecule has 1 aromatic carbocycles. The van der Waals surface area contributed by atoms with E-state index in [0.717, 1.165) is 7.11 Å². The predicted octanol–water partition coefficient (Wildman–Crippen LogP) is 4.51. The SMILES string of the molecule is COC(=O)c1cc([C@@H](COC(=O)NC2(C(F)(F)F)CC2)NC(=O)OC(C)(C)C)ccc1Cl. The van der Waals surface area contributed by atoms with E-state index < -0.39 is 48.1 Å². The van der Waals surface area contributed by atoms with Crippen molar-refractivity contribution >= 4 is 29.8 Å². The number of carbonyl (C=O) groups excluding carboxylic acids is 3. The summed E-state index contributed by atoms with van der Waals surface area (Å²) in [4.78, 5) is 36.2. The van der Waals surface area contributed by atoms with Crippen LogP contribution in [0.4, 0.5) is 22.8 Å². The van der Waals surface area contributed by atoms with Gasteiger partial charge in [0.25, 0.3) is 0 Å². The number of hydrogen-bond acceptors (Lipinski definition) is 6. The largest absolute Gasteiger partial charge is 0.465 e. The molecule has 1 aliphatic rings. The Morgan fingerprint density at radius 3 is 2.28 bits per heavy atom. The molecule has 0 bridgehead atoms. The summed E-state index contributed by atoms with van der Waals surface area (Å²) in [5.74, 6) is -0.743. The van der Waals surface area contributed by atoms with Crippen molar-refractivity contribution in [3.8, 4) is 0 Å². The van der Waals surface area contributed by atoms with E-state index in [4.69, 9.17) is 21.1 Å². The maximum atomic E-state index is 13.0. The lowest BCUT2D eigenvalue weighted by atomic mass is 10.0. The van der Waals surface area contributed by atoms with Gasteiger partial charge in [-0.25, -0.2) is 14.4 Å². The Labute approximate surface area is 187 Å². The Hall–Kier alpha value is -2.69. The number of rotatable bonds is 6. The molecular formula is C20H24ClF3N2O6. The molecule has 0 unspecified atom stereocenters. The number of carbonyl (C=O) groups is 3.